The Morgan fingerprint density at radius 1 is 0.600 bits per heavy atom. The van der Waals surface area contributed by atoms with Crippen LogP contribution in [0.5, 0.6) is 0 Å². The van der Waals surface area contributed by atoms with E-state index in [1.165, 1.54) is 0 Å². The van der Waals surface area contributed by atoms with Crippen molar-refractivity contribution in [3.8, 4) is 0 Å². The number of nitrogens with one attached hydrogen (secondary N) is 9. The summed E-state index contributed by atoms with van der Waals surface area (Å²) in [5.41, 5.74) is 24.3. The number of aliphatic hydroxyl groups is 1. The van der Waals surface area contributed by atoms with Gasteiger partial charge in [0.25, 0.3) is 0 Å². The number of carbonyl (C=O) groups is 9. The number of nitrogens with two attached hydrogens (primary N) is 4. The zero-order valence-electron chi connectivity index (χ0n) is 45.2. The molecule has 0 aromatic heterocycles. The smallest absolute Gasteiger partial charge is 0.243 e. The van der Waals surface area contributed by atoms with Crippen molar-refractivity contribution in [3.05, 3.63) is 35.9 Å². The molecule has 1 aromatic rings. The van der Waals surface area contributed by atoms with Crippen LogP contribution in [0.1, 0.15) is 131 Å². The maximum atomic E-state index is 14.4. The Hall–Kier alpha value is -5.75. The second-order valence-corrected chi connectivity index (χ2v) is 20.5. The minimum Gasteiger partial charge on any atom is -0.393 e. The summed E-state index contributed by atoms with van der Waals surface area (Å²) < 4.78 is 0. The molecule has 1 aromatic carbocycles. The highest BCUT2D eigenvalue weighted by molar-refractivity contribution is 5.98. The molecule has 0 saturated carbocycles. The van der Waals surface area contributed by atoms with Crippen LogP contribution in [0.15, 0.2) is 30.3 Å². The number of hydrogen-bond acceptors (Lipinski definition) is 14. The normalized spacial score (nSPS) is 23.3. The molecular weight excluding hydrogens is 967 g/mol. The lowest BCUT2D eigenvalue weighted by Gasteiger charge is -2.28. The molecule has 1 fully saturated rings. The van der Waals surface area contributed by atoms with Gasteiger partial charge in [-0.15, -0.1) is 0 Å². The number of rotatable bonds is 25. The first-order valence-electron chi connectivity index (χ1n) is 26.9. The number of hydrogen-bond donors (Lipinski definition) is 14. The van der Waals surface area contributed by atoms with Crippen molar-refractivity contribution < 1.29 is 48.3 Å². The van der Waals surface area contributed by atoms with Crippen LogP contribution in [-0.2, 0) is 49.6 Å². The van der Waals surface area contributed by atoms with Gasteiger partial charge >= 0.3 is 0 Å². The summed E-state index contributed by atoms with van der Waals surface area (Å²) in [5.74, 6) is -6.55. The van der Waals surface area contributed by atoms with Gasteiger partial charge in [-0.2, -0.15) is 0 Å². The van der Waals surface area contributed by atoms with E-state index in [1.807, 2.05) is 27.7 Å². The molecule has 9 amide bonds. The number of benzene rings is 1. The second-order valence-electron chi connectivity index (χ2n) is 20.5. The Labute approximate surface area is 443 Å². The Morgan fingerprint density at radius 2 is 1.05 bits per heavy atom. The van der Waals surface area contributed by atoms with Gasteiger partial charge in [-0.25, -0.2) is 0 Å². The number of carbonyl (C=O) groups excluding carboxylic acids is 9. The van der Waals surface area contributed by atoms with Crippen molar-refractivity contribution in [2.45, 2.75) is 186 Å². The summed E-state index contributed by atoms with van der Waals surface area (Å²) in [6, 6.07) is -1.55. The average Bonchev–Trinajstić information content (AvgIpc) is 3.35. The Kier molecular flexibility index (Phi) is 30.9. The summed E-state index contributed by atoms with van der Waals surface area (Å²) >= 11 is 0. The second kappa shape index (κ2) is 35.5. The van der Waals surface area contributed by atoms with E-state index in [2.05, 4.69) is 61.7 Å². The molecule has 1 saturated heterocycles. The fourth-order valence-electron chi connectivity index (χ4n) is 8.49. The highest BCUT2D eigenvalue weighted by Gasteiger charge is 2.35. The van der Waals surface area contributed by atoms with E-state index >= 15 is 0 Å². The standard InChI is InChI=1S/C52H91N13O10/c1-7-33(6)13-11-12-16-35(66)30-44(67)58-36(17-22-53)46(69)62-40-21-26-57-45(68)41(27-31(2)3)63-48(71)38(19-24-55)59-47(70)37(18-23-54)61-52(75)43(29-34-14-9-8-10-15-34)65-51(74)42(28-32(4)5)64-49(72)39(20-25-56)60-50(40)73/h8-10,14-15,31-33,35-43,66H,7,11-13,16-30,53-56H2,1-6H3,(H,57,68)(H,58,67)(H,59,70)(H,60,73)(H,61,75)(H,62,69)(H,63,71)(H,64,72)(H,65,74)/t33?,35-,36-,37+,38+,39+,40+,41+,42-,43+/m1/s1. The van der Waals surface area contributed by atoms with Crippen molar-refractivity contribution in [2.75, 3.05) is 32.7 Å². The van der Waals surface area contributed by atoms with Gasteiger partial charge in [0.1, 0.15) is 48.3 Å². The molecule has 75 heavy (non-hydrogen) atoms. The third-order valence-corrected chi connectivity index (χ3v) is 12.9. The highest BCUT2D eigenvalue weighted by Crippen LogP contribution is 2.15. The Bertz CT molecular complexity index is 1960. The summed E-state index contributed by atoms with van der Waals surface area (Å²) in [7, 11) is 0. The van der Waals surface area contributed by atoms with Crippen LogP contribution in [0, 0.1) is 17.8 Å². The summed E-state index contributed by atoms with van der Waals surface area (Å²) in [4.78, 5) is 126. The molecular formula is C52H91N13O10. The van der Waals surface area contributed by atoms with Crippen molar-refractivity contribution in [2.24, 2.45) is 40.7 Å². The maximum absolute atomic E-state index is 14.4. The average molecular weight is 1060 g/mol. The summed E-state index contributed by atoms with van der Waals surface area (Å²) in [6.45, 7) is 11.1. The van der Waals surface area contributed by atoms with Crippen molar-refractivity contribution in [3.63, 3.8) is 0 Å². The maximum Gasteiger partial charge on any atom is 0.243 e. The van der Waals surface area contributed by atoms with Gasteiger partial charge in [0.2, 0.25) is 53.2 Å². The Morgan fingerprint density at radius 3 is 1.55 bits per heavy atom. The van der Waals surface area contributed by atoms with Crippen LogP contribution in [0.2, 0.25) is 0 Å². The van der Waals surface area contributed by atoms with Crippen molar-refractivity contribution in [1.82, 2.24) is 47.9 Å². The third kappa shape index (κ3) is 25.1. The molecule has 0 spiro atoms. The van der Waals surface area contributed by atoms with Gasteiger partial charge in [0.15, 0.2) is 0 Å². The zero-order valence-corrected chi connectivity index (χ0v) is 45.2. The fourth-order valence-corrected chi connectivity index (χ4v) is 8.49. The van der Waals surface area contributed by atoms with E-state index in [4.69, 9.17) is 22.9 Å². The van der Waals surface area contributed by atoms with E-state index in [1.54, 1.807) is 30.3 Å². The predicted octanol–water partition coefficient (Wildman–Crippen LogP) is -1.53. The zero-order chi connectivity index (χ0) is 56.0. The first-order chi connectivity index (χ1) is 35.7. The molecule has 424 valence electrons. The molecule has 23 nitrogen and oxygen atoms in total. The first-order valence-corrected chi connectivity index (χ1v) is 26.9. The molecule has 18 N–H and O–H groups in total. The SMILES string of the molecule is CCC(C)CCCC[C@@H](O)CC(=O)N[C@H](CCN)C(=O)N[C@H]1CCNC(=O)[C@H](CC(C)C)NC(=O)[C@H](CCN)NC(=O)[C@H](CCN)NC(=O)[C@H](Cc2ccccc2)NC(=O)[C@@H](CC(C)C)NC(=O)[C@H](CCN)NC1=O. The Balaban J connectivity index is 2.66. The molecule has 0 bridgehead atoms. The van der Waals surface area contributed by atoms with E-state index in [0.29, 0.717) is 17.9 Å². The van der Waals surface area contributed by atoms with E-state index < -0.39 is 108 Å². The van der Waals surface area contributed by atoms with Crippen molar-refractivity contribution in [1.29, 1.82) is 0 Å². The van der Waals surface area contributed by atoms with E-state index in [-0.39, 0.29) is 102 Å². The molecule has 0 radical (unpaired) electrons. The van der Waals surface area contributed by atoms with Crippen LogP contribution in [-0.4, -0.2) is 145 Å². The van der Waals surface area contributed by atoms with Gasteiger partial charge in [-0.05, 0) is 101 Å². The van der Waals surface area contributed by atoms with E-state index in [9.17, 15) is 48.3 Å². The lowest BCUT2D eigenvalue weighted by atomic mass is 9.99. The minimum atomic E-state index is -1.46. The fraction of sp³-hybridized carbons (Fsp3) is 0.712. The predicted molar refractivity (Wildman–Crippen MR) is 285 cm³/mol. The van der Waals surface area contributed by atoms with Crippen LogP contribution < -0.4 is 70.8 Å². The highest BCUT2D eigenvalue weighted by atomic mass is 16.3. The number of aliphatic hydroxyl groups excluding tert-OH is 1. The third-order valence-electron chi connectivity index (χ3n) is 12.9. The summed E-state index contributed by atoms with van der Waals surface area (Å²) in [6.07, 6.45) is 2.45. The van der Waals surface area contributed by atoms with Gasteiger partial charge in [-0.3, -0.25) is 43.2 Å². The lowest BCUT2D eigenvalue weighted by molar-refractivity contribution is -0.136. The van der Waals surface area contributed by atoms with Crippen LogP contribution in [0.4, 0.5) is 0 Å². The van der Waals surface area contributed by atoms with E-state index in [0.717, 1.165) is 25.7 Å². The topological polar surface area (TPSA) is 386 Å². The lowest BCUT2D eigenvalue weighted by Crippen LogP contribution is -2.61. The first kappa shape index (κ1) is 65.4. The van der Waals surface area contributed by atoms with Crippen LogP contribution in [0.25, 0.3) is 0 Å². The van der Waals surface area contributed by atoms with Gasteiger partial charge in [0, 0.05) is 13.0 Å². The summed E-state index contributed by atoms with van der Waals surface area (Å²) in [5, 5.41) is 34.8. The number of unbranched alkanes of at least 4 members (excludes halogenated alkanes) is 1. The molecule has 1 heterocycles. The van der Waals surface area contributed by atoms with Gasteiger partial charge < -0.3 is 75.9 Å². The van der Waals surface area contributed by atoms with Crippen LogP contribution in [0.3, 0.4) is 0 Å². The minimum absolute atomic E-state index is 0.0371. The molecule has 0 aliphatic carbocycles. The molecule has 10 atom stereocenters. The van der Waals surface area contributed by atoms with Gasteiger partial charge in [0.05, 0.1) is 12.5 Å². The molecule has 1 aliphatic heterocycles. The van der Waals surface area contributed by atoms with Crippen molar-refractivity contribution >= 4 is 53.2 Å². The largest absolute Gasteiger partial charge is 0.393 e. The molecule has 2 rings (SSSR count). The number of amides is 9. The molecule has 23 heteroatoms. The van der Waals surface area contributed by atoms with Gasteiger partial charge in [-0.1, -0.05) is 97.6 Å². The quantitative estimate of drug-likeness (QED) is 0.0495. The molecule has 1 aliphatic rings. The monoisotopic (exact) mass is 1060 g/mol. The van der Waals surface area contributed by atoms with Crippen LogP contribution >= 0.6 is 0 Å². The molecule has 1 unspecified atom stereocenters.